The Kier molecular flexibility index (Phi) is 5.18. The Labute approximate surface area is 213 Å². The van der Waals surface area contributed by atoms with Gasteiger partial charge in [0.1, 0.15) is 6.54 Å². The van der Waals surface area contributed by atoms with Gasteiger partial charge in [0.25, 0.3) is 0 Å². The van der Waals surface area contributed by atoms with Gasteiger partial charge < -0.3 is 4.48 Å². The van der Waals surface area contributed by atoms with Crippen molar-refractivity contribution in [2.75, 3.05) is 13.1 Å². The standard InChI is InChI=1S/C34H33N2/c1-2-24-22-36(23-33-30-11-5-3-9-26(30)19-27-10-4-6-12-31(27)33)18-16-25(24)20-29(36)21-28-15-17-35-34-14-8-7-13-32(28)34/h2-15,17,19,24-25,29H,1,16,18,20-23H2/q+1. The zero-order valence-electron chi connectivity index (χ0n) is 20.8. The predicted octanol–water partition coefficient (Wildman–Crippen LogP) is 7.70. The number of hydrogen-bond donors (Lipinski definition) is 0. The van der Waals surface area contributed by atoms with Crippen molar-refractivity contribution in [3.63, 3.8) is 0 Å². The fourth-order valence-electron chi connectivity index (χ4n) is 7.49. The Morgan fingerprint density at radius 1 is 0.861 bits per heavy atom. The van der Waals surface area contributed by atoms with Crippen molar-refractivity contribution in [3.8, 4) is 0 Å². The Morgan fingerprint density at radius 3 is 2.31 bits per heavy atom. The molecule has 3 aliphatic heterocycles. The van der Waals surface area contributed by atoms with Gasteiger partial charge in [-0.3, -0.25) is 4.98 Å². The molecule has 2 nitrogen and oxygen atoms in total. The summed E-state index contributed by atoms with van der Waals surface area (Å²) < 4.78 is 1.17. The highest BCUT2D eigenvalue weighted by atomic mass is 15.4. The van der Waals surface area contributed by atoms with Crippen LogP contribution in [0.15, 0.2) is 104 Å². The molecule has 1 aromatic heterocycles. The number of quaternary nitrogens is 1. The van der Waals surface area contributed by atoms with Crippen LogP contribution in [0.1, 0.15) is 24.0 Å². The van der Waals surface area contributed by atoms with Gasteiger partial charge in [-0.1, -0.05) is 72.8 Å². The lowest BCUT2D eigenvalue weighted by molar-refractivity contribution is -0.980. The normalized spacial score (nSPS) is 25.5. The summed E-state index contributed by atoms with van der Waals surface area (Å²) in [4.78, 5) is 4.64. The van der Waals surface area contributed by atoms with E-state index in [2.05, 4.69) is 103 Å². The van der Waals surface area contributed by atoms with Crippen molar-refractivity contribution in [2.24, 2.45) is 11.8 Å². The summed E-state index contributed by atoms with van der Waals surface area (Å²) in [6.45, 7) is 7.83. The molecule has 8 rings (SSSR count). The molecule has 0 aliphatic carbocycles. The highest BCUT2D eigenvalue weighted by Gasteiger charge is 2.51. The monoisotopic (exact) mass is 469 g/mol. The van der Waals surface area contributed by atoms with E-state index in [1.165, 1.54) is 68.5 Å². The number of para-hydroxylation sites is 1. The van der Waals surface area contributed by atoms with Crippen LogP contribution in [0, 0.1) is 11.8 Å². The van der Waals surface area contributed by atoms with Crippen LogP contribution < -0.4 is 0 Å². The zero-order valence-corrected chi connectivity index (χ0v) is 20.8. The molecule has 0 spiro atoms. The highest BCUT2D eigenvalue weighted by Crippen LogP contribution is 2.46. The van der Waals surface area contributed by atoms with Crippen molar-refractivity contribution < 1.29 is 4.48 Å². The number of benzene rings is 4. The second-order valence-electron chi connectivity index (χ2n) is 11.1. The third kappa shape index (κ3) is 3.47. The van der Waals surface area contributed by atoms with Crippen molar-refractivity contribution in [1.29, 1.82) is 0 Å². The zero-order chi connectivity index (χ0) is 24.1. The fourth-order valence-corrected chi connectivity index (χ4v) is 7.49. The lowest BCUT2D eigenvalue weighted by Gasteiger charge is -2.57. The van der Waals surface area contributed by atoms with E-state index in [0.29, 0.717) is 12.0 Å². The van der Waals surface area contributed by atoms with E-state index in [1.54, 1.807) is 0 Å². The first-order valence-corrected chi connectivity index (χ1v) is 13.4. The summed E-state index contributed by atoms with van der Waals surface area (Å²) in [7, 11) is 0. The number of hydrogen-bond acceptors (Lipinski definition) is 1. The lowest BCUT2D eigenvalue weighted by atomic mass is 9.71. The molecule has 4 atom stereocenters. The maximum absolute atomic E-state index is 4.64. The van der Waals surface area contributed by atoms with Gasteiger partial charge in [-0.2, -0.15) is 0 Å². The Morgan fingerprint density at radius 2 is 1.56 bits per heavy atom. The molecule has 0 radical (unpaired) electrons. The van der Waals surface area contributed by atoms with Crippen LogP contribution in [-0.2, 0) is 13.0 Å². The number of rotatable bonds is 5. The summed E-state index contributed by atoms with van der Waals surface area (Å²) in [6.07, 6.45) is 7.98. The smallest absolute Gasteiger partial charge is 0.106 e. The minimum Gasteiger partial charge on any atom is -0.317 e. The molecule has 2 bridgehead atoms. The molecule has 36 heavy (non-hydrogen) atoms. The topological polar surface area (TPSA) is 12.9 Å². The molecule has 3 saturated heterocycles. The minimum absolute atomic E-state index is 0.614. The minimum atomic E-state index is 0.614. The van der Waals surface area contributed by atoms with Gasteiger partial charge in [0.15, 0.2) is 0 Å². The van der Waals surface area contributed by atoms with E-state index >= 15 is 0 Å². The van der Waals surface area contributed by atoms with Crippen LogP contribution >= 0.6 is 0 Å². The van der Waals surface area contributed by atoms with Crippen LogP contribution in [0.5, 0.6) is 0 Å². The second-order valence-corrected chi connectivity index (χ2v) is 11.1. The Bertz CT molecular complexity index is 1540. The molecule has 0 amide bonds. The third-order valence-electron chi connectivity index (χ3n) is 9.33. The first-order chi connectivity index (χ1) is 17.7. The maximum Gasteiger partial charge on any atom is 0.106 e. The quantitative estimate of drug-likeness (QED) is 0.146. The number of fused-ring (bicyclic) bond motifs is 6. The Hall–Kier alpha value is -3.49. The van der Waals surface area contributed by atoms with E-state index in [1.807, 2.05) is 6.20 Å². The summed E-state index contributed by atoms with van der Waals surface area (Å²) in [5.41, 5.74) is 4.09. The summed E-state index contributed by atoms with van der Waals surface area (Å²) in [6, 6.07) is 31.9. The summed E-state index contributed by atoms with van der Waals surface area (Å²) in [5, 5.41) is 6.86. The molecule has 3 fully saturated rings. The van der Waals surface area contributed by atoms with Gasteiger partial charge in [0.2, 0.25) is 0 Å². The van der Waals surface area contributed by atoms with E-state index in [9.17, 15) is 0 Å². The first-order valence-electron chi connectivity index (χ1n) is 13.4. The van der Waals surface area contributed by atoms with Crippen molar-refractivity contribution in [3.05, 3.63) is 115 Å². The number of aromatic nitrogens is 1. The molecule has 0 N–H and O–H groups in total. The first kappa shape index (κ1) is 21.8. The van der Waals surface area contributed by atoms with Gasteiger partial charge in [-0.25, -0.2) is 0 Å². The fraction of sp³-hybridized carbons (Fsp3) is 0.265. The number of pyridine rings is 1. The van der Waals surface area contributed by atoms with E-state index in [4.69, 9.17) is 0 Å². The predicted molar refractivity (Wildman–Crippen MR) is 151 cm³/mol. The average molecular weight is 470 g/mol. The van der Waals surface area contributed by atoms with E-state index < -0.39 is 0 Å². The molecule has 4 aromatic carbocycles. The van der Waals surface area contributed by atoms with Gasteiger partial charge in [-0.15, -0.1) is 6.58 Å². The molecular formula is C34H33N2+. The van der Waals surface area contributed by atoms with E-state index in [-0.39, 0.29) is 0 Å². The molecule has 4 heterocycles. The molecule has 178 valence electrons. The Balaban J connectivity index is 1.36. The van der Waals surface area contributed by atoms with Gasteiger partial charge >= 0.3 is 0 Å². The molecule has 4 unspecified atom stereocenters. The van der Waals surface area contributed by atoms with Crippen LogP contribution in [-0.4, -0.2) is 28.6 Å². The summed E-state index contributed by atoms with van der Waals surface area (Å²) in [5.74, 6) is 1.38. The average Bonchev–Trinajstić information content (AvgIpc) is 2.93. The van der Waals surface area contributed by atoms with Crippen molar-refractivity contribution >= 4 is 32.4 Å². The molecule has 0 saturated carbocycles. The summed E-state index contributed by atoms with van der Waals surface area (Å²) >= 11 is 0. The molecular weight excluding hydrogens is 436 g/mol. The third-order valence-corrected chi connectivity index (χ3v) is 9.33. The number of nitrogens with zero attached hydrogens (tertiary/aromatic N) is 2. The lowest BCUT2D eigenvalue weighted by Crippen LogP contribution is -2.66. The highest BCUT2D eigenvalue weighted by molar-refractivity contribution is 6.02. The molecule has 2 heteroatoms. The van der Waals surface area contributed by atoms with Gasteiger partial charge in [0, 0.05) is 42.3 Å². The van der Waals surface area contributed by atoms with Crippen molar-refractivity contribution in [1.82, 2.24) is 4.98 Å². The maximum atomic E-state index is 4.64. The number of piperidine rings is 3. The van der Waals surface area contributed by atoms with Crippen molar-refractivity contribution in [2.45, 2.75) is 31.8 Å². The largest absolute Gasteiger partial charge is 0.317 e. The van der Waals surface area contributed by atoms with Crippen LogP contribution in [0.4, 0.5) is 0 Å². The van der Waals surface area contributed by atoms with Crippen LogP contribution in [0.2, 0.25) is 0 Å². The molecule has 3 aliphatic rings. The second kappa shape index (κ2) is 8.57. The SMILES string of the molecule is C=CC1C[N+]2(Cc3c4ccccc4cc4ccccc34)CCC1CC2Cc1ccnc2ccccc12. The van der Waals surface area contributed by atoms with Gasteiger partial charge in [0.05, 0.1) is 24.6 Å². The van der Waals surface area contributed by atoms with Crippen LogP contribution in [0.25, 0.3) is 32.4 Å². The van der Waals surface area contributed by atoms with Gasteiger partial charge in [-0.05, 0) is 51.2 Å². The van der Waals surface area contributed by atoms with E-state index in [0.717, 1.165) is 24.4 Å². The van der Waals surface area contributed by atoms with Crippen LogP contribution in [0.3, 0.4) is 0 Å². The molecule has 5 aromatic rings.